The van der Waals surface area contributed by atoms with Crippen molar-refractivity contribution in [3.05, 3.63) is 47.4 Å². The number of aromatic carboxylic acids is 1. The van der Waals surface area contributed by atoms with Gasteiger partial charge in [0.15, 0.2) is 11.6 Å². The first kappa shape index (κ1) is 12.7. The minimum atomic E-state index is -1.55. The number of hydrogen-bond acceptors (Lipinski definition) is 4. The Kier molecular flexibility index (Phi) is 3.23. The summed E-state index contributed by atoms with van der Waals surface area (Å²) in [6.07, 6.45) is 2.26. The van der Waals surface area contributed by atoms with Crippen molar-refractivity contribution < 1.29 is 28.0 Å². The van der Waals surface area contributed by atoms with E-state index in [-0.39, 0.29) is 5.69 Å². The van der Waals surface area contributed by atoms with Crippen molar-refractivity contribution in [2.45, 2.75) is 0 Å². The quantitative estimate of drug-likeness (QED) is 0.886. The molecule has 19 heavy (non-hydrogen) atoms. The van der Waals surface area contributed by atoms with Crippen molar-refractivity contribution in [1.82, 2.24) is 5.16 Å². The van der Waals surface area contributed by atoms with E-state index in [4.69, 9.17) is 5.11 Å². The number of carboxylic acid groups (broad SMARTS) is 1. The smallest absolute Gasteiger partial charge is 0.336 e. The molecule has 0 aliphatic carbocycles. The van der Waals surface area contributed by atoms with Crippen molar-refractivity contribution in [3.8, 4) is 0 Å². The van der Waals surface area contributed by atoms with E-state index in [1.165, 1.54) is 0 Å². The summed E-state index contributed by atoms with van der Waals surface area (Å²) < 4.78 is 30.5. The molecule has 0 saturated carbocycles. The summed E-state index contributed by atoms with van der Waals surface area (Å²) >= 11 is 0. The number of benzene rings is 1. The third kappa shape index (κ3) is 2.57. The number of carbonyl (C=O) groups is 2. The lowest BCUT2D eigenvalue weighted by Crippen LogP contribution is -2.17. The predicted molar refractivity (Wildman–Crippen MR) is 57.8 cm³/mol. The molecule has 1 aromatic carbocycles. The highest BCUT2D eigenvalue weighted by atomic mass is 19.2. The van der Waals surface area contributed by atoms with Gasteiger partial charge in [0.1, 0.15) is 12.0 Å². The molecular formula is C11H6F2N2O4. The van der Waals surface area contributed by atoms with Crippen LogP contribution in [0.2, 0.25) is 0 Å². The molecule has 0 spiro atoms. The molecule has 8 heteroatoms. The molecule has 0 saturated heterocycles. The molecule has 0 unspecified atom stereocenters. The molecule has 0 fully saturated rings. The minimum absolute atomic E-state index is 0.158. The fourth-order valence-corrected chi connectivity index (χ4v) is 1.38. The van der Waals surface area contributed by atoms with Crippen molar-refractivity contribution in [2.75, 3.05) is 5.32 Å². The van der Waals surface area contributed by atoms with Gasteiger partial charge in [-0.3, -0.25) is 4.79 Å². The highest BCUT2D eigenvalue weighted by Crippen LogP contribution is 2.17. The van der Waals surface area contributed by atoms with Crippen molar-refractivity contribution in [1.29, 1.82) is 0 Å². The second kappa shape index (κ2) is 4.84. The van der Waals surface area contributed by atoms with Crippen molar-refractivity contribution >= 4 is 17.6 Å². The van der Waals surface area contributed by atoms with Gasteiger partial charge in [-0.25, -0.2) is 13.6 Å². The van der Waals surface area contributed by atoms with Gasteiger partial charge in [0, 0.05) is 0 Å². The number of hydrogen-bond donors (Lipinski definition) is 2. The molecule has 1 aromatic heterocycles. The Hall–Kier alpha value is -2.77. The molecule has 2 N–H and O–H groups in total. The lowest BCUT2D eigenvalue weighted by molar-refractivity contribution is 0.0691. The number of amides is 1. The Balaban J connectivity index is 2.40. The highest BCUT2D eigenvalue weighted by Gasteiger charge is 2.20. The Labute approximate surface area is 104 Å². The monoisotopic (exact) mass is 268 g/mol. The fourth-order valence-electron chi connectivity index (χ4n) is 1.38. The first-order valence-electron chi connectivity index (χ1n) is 4.92. The molecule has 2 rings (SSSR count). The Bertz CT molecular complexity index is 640. The first-order chi connectivity index (χ1) is 8.99. The van der Waals surface area contributed by atoms with E-state index in [9.17, 15) is 18.4 Å². The van der Waals surface area contributed by atoms with Crippen LogP contribution in [0.15, 0.2) is 29.1 Å². The van der Waals surface area contributed by atoms with Crippen LogP contribution in [0.1, 0.15) is 20.7 Å². The second-order valence-electron chi connectivity index (χ2n) is 3.48. The predicted octanol–water partition coefficient (Wildman–Crippen LogP) is 1.90. The van der Waals surface area contributed by atoms with Crippen molar-refractivity contribution in [2.24, 2.45) is 0 Å². The lowest BCUT2D eigenvalue weighted by Gasteiger charge is -2.06. The van der Waals surface area contributed by atoms with Gasteiger partial charge in [-0.1, -0.05) is 5.16 Å². The third-order valence-corrected chi connectivity index (χ3v) is 2.23. The Morgan fingerprint density at radius 2 is 1.84 bits per heavy atom. The normalized spacial score (nSPS) is 10.2. The summed E-state index contributed by atoms with van der Waals surface area (Å²) in [5, 5.41) is 14.4. The van der Waals surface area contributed by atoms with E-state index >= 15 is 0 Å². The maximum absolute atomic E-state index is 13.1. The number of nitrogens with one attached hydrogen (secondary N) is 1. The van der Waals surface area contributed by atoms with Gasteiger partial charge < -0.3 is 14.9 Å². The number of carbonyl (C=O) groups excluding carboxylic acids is 1. The average molecular weight is 268 g/mol. The molecule has 0 radical (unpaired) electrons. The Morgan fingerprint density at radius 3 is 2.37 bits per heavy atom. The van der Waals surface area contributed by atoms with E-state index in [0.29, 0.717) is 12.1 Å². The van der Waals surface area contributed by atoms with E-state index in [0.717, 1.165) is 12.5 Å². The number of carboxylic acids is 1. The molecule has 98 valence electrons. The topological polar surface area (TPSA) is 92.4 Å². The number of anilines is 1. The van der Waals surface area contributed by atoms with Gasteiger partial charge >= 0.3 is 5.97 Å². The van der Waals surface area contributed by atoms with Gasteiger partial charge in [0.2, 0.25) is 0 Å². The van der Waals surface area contributed by atoms with Crippen LogP contribution in [0.3, 0.4) is 0 Å². The molecule has 0 bridgehead atoms. The zero-order chi connectivity index (χ0) is 14.0. The van der Waals surface area contributed by atoms with Crippen LogP contribution >= 0.6 is 0 Å². The zero-order valence-electron chi connectivity index (χ0n) is 9.18. The molecule has 0 aliphatic rings. The summed E-state index contributed by atoms with van der Waals surface area (Å²) in [6.45, 7) is 0. The van der Waals surface area contributed by atoms with E-state index < -0.39 is 34.6 Å². The first-order valence-corrected chi connectivity index (χ1v) is 4.92. The lowest BCUT2D eigenvalue weighted by atomic mass is 10.1. The SMILES string of the molecule is O=C(O)c1cc(F)c(F)cc1C(=O)Nc1cnoc1. The van der Waals surface area contributed by atoms with Crippen LogP contribution in [-0.4, -0.2) is 22.1 Å². The van der Waals surface area contributed by atoms with Gasteiger partial charge in [-0.15, -0.1) is 0 Å². The second-order valence-corrected chi connectivity index (χ2v) is 3.48. The summed E-state index contributed by atoms with van der Waals surface area (Å²) in [6, 6.07) is 0.960. The van der Waals surface area contributed by atoms with Crippen LogP contribution < -0.4 is 5.32 Å². The summed E-state index contributed by atoms with van der Waals surface area (Å²) in [5.41, 5.74) is -0.994. The molecule has 1 heterocycles. The number of rotatable bonds is 3. The fraction of sp³-hybridized carbons (Fsp3) is 0. The van der Waals surface area contributed by atoms with Crippen LogP contribution in [-0.2, 0) is 0 Å². The summed E-state index contributed by atoms with van der Waals surface area (Å²) in [7, 11) is 0. The maximum atomic E-state index is 13.1. The van der Waals surface area contributed by atoms with E-state index in [1.54, 1.807) is 0 Å². The van der Waals surface area contributed by atoms with Crippen LogP contribution in [0.25, 0.3) is 0 Å². The third-order valence-electron chi connectivity index (χ3n) is 2.23. The average Bonchev–Trinajstić information content (AvgIpc) is 2.84. The highest BCUT2D eigenvalue weighted by molar-refractivity contribution is 6.10. The summed E-state index contributed by atoms with van der Waals surface area (Å²) in [5.74, 6) is -5.13. The number of halogens is 2. The molecule has 2 aromatic rings. The van der Waals surface area contributed by atoms with Gasteiger partial charge in [0.25, 0.3) is 5.91 Å². The number of nitrogens with zero attached hydrogens (tertiary/aromatic N) is 1. The van der Waals surface area contributed by atoms with Gasteiger partial charge in [-0.2, -0.15) is 0 Å². The Morgan fingerprint density at radius 1 is 1.21 bits per heavy atom. The van der Waals surface area contributed by atoms with Gasteiger partial charge in [-0.05, 0) is 12.1 Å². The molecular weight excluding hydrogens is 262 g/mol. The van der Waals surface area contributed by atoms with Gasteiger partial charge in [0.05, 0.1) is 17.3 Å². The molecule has 1 amide bonds. The van der Waals surface area contributed by atoms with E-state index in [1.807, 2.05) is 0 Å². The molecule has 0 atom stereocenters. The molecule has 6 nitrogen and oxygen atoms in total. The minimum Gasteiger partial charge on any atom is -0.478 e. The zero-order valence-corrected chi connectivity index (χ0v) is 9.18. The molecule has 0 aliphatic heterocycles. The van der Waals surface area contributed by atoms with Crippen LogP contribution in [0, 0.1) is 11.6 Å². The van der Waals surface area contributed by atoms with E-state index in [2.05, 4.69) is 15.0 Å². The number of aromatic nitrogens is 1. The maximum Gasteiger partial charge on any atom is 0.336 e. The van der Waals surface area contributed by atoms with Crippen LogP contribution in [0.5, 0.6) is 0 Å². The standard InChI is InChI=1S/C11H6F2N2O4/c12-8-1-6(7(11(17)18)2-9(8)13)10(16)15-5-3-14-19-4-5/h1-4H,(H,15,16)(H,17,18). The summed E-state index contributed by atoms with van der Waals surface area (Å²) in [4.78, 5) is 22.7. The van der Waals surface area contributed by atoms with Crippen LogP contribution in [0.4, 0.5) is 14.5 Å². The van der Waals surface area contributed by atoms with Crippen molar-refractivity contribution in [3.63, 3.8) is 0 Å². The largest absolute Gasteiger partial charge is 0.478 e.